The Kier molecular flexibility index (Phi) is 7.93. The summed E-state index contributed by atoms with van der Waals surface area (Å²) in [6.07, 6.45) is -0.474. The molecule has 1 heterocycles. The van der Waals surface area contributed by atoms with Crippen LogP contribution in [0, 0.1) is 0 Å². The standard InChI is InChI=1S/C26H27O7P/c1-29-22-12-8-20(9-13-22)26(19-6-4-3-5-7-19,21-10-14-23(30-2)15-11-21)32-18-25-24(16-17-31-25)33-34(27)28/h3-15,24-25H,16-18H2,1-2H3/p+1/t24-,25+/m0/s1. The Morgan fingerprint density at radius 1 is 0.882 bits per heavy atom. The topological polar surface area (TPSA) is 83.5 Å². The summed E-state index contributed by atoms with van der Waals surface area (Å²) in [5.41, 5.74) is 1.73. The lowest BCUT2D eigenvalue weighted by molar-refractivity contribution is -0.0659. The number of methoxy groups -OCH3 is 2. The molecule has 34 heavy (non-hydrogen) atoms. The van der Waals surface area contributed by atoms with Gasteiger partial charge in [0.15, 0.2) is 0 Å². The Morgan fingerprint density at radius 2 is 1.41 bits per heavy atom. The van der Waals surface area contributed by atoms with Gasteiger partial charge in [-0.2, -0.15) is 0 Å². The first-order chi connectivity index (χ1) is 16.6. The van der Waals surface area contributed by atoms with Crippen LogP contribution in [0.2, 0.25) is 0 Å². The van der Waals surface area contributed by atoms with Crippen LogP contribution < -0.4 is 9.47 Å². The Bertz CT molecular complexity index is 1020. The lowest BCUT2D eigenvalue weighted by Gasteiger charge is -2.37. The number of rotatable bonds is 10. The van der Waals surface area contributed by atoms with Crippen LogP contribution in [-0.4, -0.2) is 44.5 Å². The summed E-state index contributed by atoms with van der Waals surface area (Å²) in [4.78, 5) is 9.26. The van der Waals surface area contributed by atoms with Gasteiger partial charge in [-0.3, -0.25) is 0 Å². The summed E-state index contributed by atoms with van der Waals surface area (Å²) < 4.78 is 39.8. The van der Waals surface area contributed by atoms with Gasteiger partial charge < -0.3 is 18.9 Å². The quantitative estimate of drug-likeness (QED) is 0.327. The Morgan fingerprint density at radius 3 is 1.91 bits per heavy atom. The first kappa shape index (κ1) is 24.3. The van der Waals surface area contributed by atoms with E-state index in [4.69, 9.17) is 23.5 Å². The fourth-order valence-corrected chi connectivity index (χ4v) is 4.77. The van der Waals surface area contributed by atoms with Crippen molar-refractivity contribution >= 4 is 8.25 Å². The third-order valence-corrected chi connectivity index (χ3v) is 6.46. The third-order valence-electron chi connectivity index (χ3n) is 6.01. The SMILES string of the molecule is COc1ccc(C(OC[C@H]2OCC[C@@H]2O[P+](=O)O)(c2ccccc2)c2ccc(OC)cc2)cc1. The molecule has 4 rings (SSSR count). The molecule has 0 saturated carbocycles. The van der Waals surface area contributed by atoms with Crippen LogP contribution in [0.5, 0.6) is 11.5 Å². The van der Waals surface area contributed by atoms with Gasteiger partial charge in [-0.15, -0.1) is 9.42 Å². The third kappa shape index (κ3) is 5.14. The highest BCUT2D eigenvalue weighted by Crippen LogP contribution is 2.42. The van der Waals surface area contributed by atoms with Crippen LogP contribution >= 0.6 is 8.25 Å². The second-order valence-electron chi connectivity index (χ2n) is 7.89. The molecule has 1 fully saturated rings. The molecule has 3 atom stereocenters. The van der Waals surface area contributed by atoms with E-state index >= 15 is 0 Å². The van der Waals surface area contributed by atoms with Gasteiger partial charge in [0.1, 0.15) is 29.3 Å². The fourth-order valence-electron chi connectivity index (χ4n) is 4.30. The molecular formula is C26H28O7P+. The van der Waals surface area contributed by atoms with Crippen molar-refractivity contribution in [3.05, 3.63) is 95.6 Å². The maximum absolute atomic E-state index is 11.3. The Balaban J connectivity index is 1.80. The maximum Gasteiger partial charge on any atom is 0.695 e. The van der Waals surface area contributed by atoms with Gasteiger partial charge in [0.05, 0.1) is 20.8 Å². The van der Waals surface area contributed by atoms with Gasteiger partial charge in [0.2, 0.25) is 0 Å². The van der Waals surface area contributed by atoms with Crippen LogP contribution in [0.15, 0.2) is 78.9 Å². The molecule has 178 valence electrons. The number of hydrogen-bond acceptors (Lipinski definition) is 6. The number of ether oxygens (including phenoxy) is 4. The first-order valence-electron chi connectivity index (χ1n) is 11.0. The van der Waals surface area contributed by atoms with E-state index in [1.165, 1.54) is 0 Å². The Labute approximate surface area is 200 Å². The van der Waals surface area contributed by atoms with Crippen LogP contribution in [0.1, 0.15) is 23.1 Å². The zero-order valence-corrected chi connectivity index (χ0v) is 20.0. The zero-order chi connectivity index (χ0) is 24.0. The van der Waals surface area contributed by atoms with Gasteiger partial charge >= 0.3 is 8.25 Å². The molecule has 0 amide bonds. The minimum atomic E-state index is -2.73. The van der Waals surface area contributed by atoms with E-state index in [9.17, 15) is 9.46 Å². The van der Waals surface area contributed by atoms with Crippen molar-refractivity contribution in [1.82, 2.24) is 0 Å². The van der Waals surface area contributed by atoms with E-state index in [1.54, 1.807) is 14.2 Å². The molecule has 8 heteroatoms. The van der Waals surface area contributed by atoms with Crippen molar-refractivity contribution in [2.75, 3.05) is 27.4 Å². The highest BCUT2D eigenvalue weighted by Gasteiger charge is 2.42. The predicted molar refractivity (Wildman–Crippen MR) is 127 cm³/mol. The maximum atomic E-state index is 11.3. The molecule has 0 aliphatic carbocycles. The van der Waals surface area contributed by atoms with Crippen LogP contribution in [0.25, 0.3) is 0 Å². The summed E-state index contributed by atoms with van der Waals surface area (Å²) in [7, 11) is 0.523. The van der Waals surface area contributed by atoms with Crippen LogP contribution in [0.3, 0.4) is 0 Å². The lowest BCUT2D eigenvalue weighted by Crippen LogP contribution is -2.38. The fraction of sp³-hybridized carbons (Fsp3) is 0.308. The van der Waals surface area contributed by atoms with E-state index in [1.807, 2.05) is 78.9 Å². The molecule has 0 spiro atoms. The predicted octanol–water partition coefficient (Wildman–Crippen LogP) is 4.84. The summed E-state index contributed by atoms with van der Waals surface area (Å²) in [5.74, 6) is 1.47. The van der Waals surface area contributed by atoms with Gasteiger partial charge in [-0.05, 0) is 41.0 Å². The van der Waals surface area contributed by atoms with Crippen molar-refractivity contribution in [3.63, 3.8) is 0 Å². The highest BCUT2D eigenvalue weighted by molar-refractivity contribution is 7.32. The molecule has 3 aromatic rings. The number of hydrogen-bond donors (Lipinski definition) is 1. The van der Waals surface area contributed by atoms with Crippen molar-refractivity contribution in [2.45, 2.75) is 24.2 Å². The molecule has 1 saturated heterocycles. The second kappa shape index (κ2) is 11.1. The first-order valence-corrected chi connectivity index (χ1v) is 12.1. The largest absolute Gasteiger partial charge is 0.695 e. The van der Waals surface area contributed by atoms with Gasteiger partial charge in [0.25, 0.3) is 0 Å². The molecular weight excluding hydrogens is 455 g/mol. The minimum absolute atomic E-state index is 0.154. The number of benzene rings is 3. The molecule has 0 bridgehead atoms. The highest BCUT2D eigenvalue weighted by atomic mass is 31.1. The monoisotopic (exact) mass is 483 g/mol. The molecule has 1 N–H and O–H groups in total. The molecule has 1 aliphatic heterocycles. The lowest BCUT2D eigenvalue weighted by atomic mass is 9.80. The average molecular weight is 483 g/mol. The van der Waals surface area contributed by atoms with E-state index in [0.29, 0.717) is 13.0 Å². The van der Waals surface area contributed by atoms with E-state index in [2.05, 4.69) is 0 Å². The molecule has 0 radical (unpaired) electrons. The molecule has 0 aromatic heterocycles. The zero-order valence-electron chi connectivity index (χ0n) is 19.1. The van der Waals surface area contributed by atoms with Crippen molar-refractivity contribution in [3.8, 4) is 11.5 Å². The van der Waals surface area contributed by atoms with Gasteiger partial charge in [-0.1, -0.05) is 54.6 Å². The van der Waals surface area contributed by atoms with E-state index in [-0.39, 0.29) is 6.61 Å². The summed E-state index contributed by atoms with van der Waals surface area (Å²) in [6, 6.07) is 25.4. The van der Waals surface area contributed by atoms with Crippen molar-refractivity contribution in [2.24, 2.45) is 0 Å². The van der Waals surface area contributed by atoms with E-state index in [0.717, 1.165) is 28.2 Å². The summed E-state index contributed by atoms with van der Waals surface area (Å²) in [5, 5.41) is 0. The molecule has 7 nitrogen and oxygen atoms in total. The van der Waals surface area contributed by atoms with Gasteiger partial charge in [-0.25, -0.2) is 0 Å². The van der Waals surface area contributed by atoms with Crippen molar-refractivity contribution < 1.29 is 32.9 Å². The van der Waals surface area contributed by atoms with E-state index < -0.39 is 26.1 Å². The van der Waals surface area contributed by atoms with Crippen LogP contribution in [0.4, 0.5) is 0 Å². The van der Waals surface area contributed by atoms with Crippen LogP contribution in [-0.2, 0) is 24.2 Å². The Hall–Kier alpha value is -2.80. The molecule has 1 unspecified atom stereocenters. The molecule has 1 aliphatic rings. The average Bonchev–Trinajstić information content (AvgIpc) is 3.32. The molecule has 3 aromatic carbocycles. The second-order valence-corrected chi connectivity index (χ2v) is 8.58. The summed E-state index contributed by atoms with van der Waals surface area (Å²) in [6.45, 7) is 0.589. The smallest absolute Gasteiger partial charge is 0.497 e. The van der Waals surface area contributed by atoms with Gasteiger partial charge in [0, 0.05) is 17.6 Å². The minimum Gasteiger partial charge on any atom is -0.497 e. The summed E-state index contributed by atoms with van der Waals surface area (Å²) >= 11 is 0. The van der Waals surface area contributed by atoms with Crippen molar-refractivity contribution in [1.29, 1.82) is 0 Å². The normalized spacial score (nSPS) is 18.5.